The number of hydrogen-bond donors (Lipinski definition) is 3. The minimum absolute atomic E-state index is 0.00838. The summed E-state index contributed by atoms with van der Waals surface area (Å²) < 4.78 is 0. The maximum absolute atomic E-state index is 10.7. The molecule has 1 aromatic rings. The lowest BCUT2D eigenvalue weighted by Crippen LogP contribution is -2.11. The van der Waals surface area contributed by atoms with Crippen molar-refractivity contribution in [1.29, 1.82) is 0 Å². The highest BCUT2D eigenvalue weighted by Gasteiger charge is 2.11. The van der Waals surface area contributed by atoms with Gasteiger partial charge in [-0.25, -0.2) is 9.78 Å². The maximum atomic E-state index is 10.7. The molecule has 0 bridgehead atoms. The Bertz CT molecular complexity index is 343. The van der Waals surface area contributed by atoms with E-state index in [-0.39, 0.29) is 29.6 Å². The zero-order valence-electron chi connectivity index (χ0n) is 7.20. The normalized spacial score (nSPS) is 9.86. The van der Waals surface area contributed by atoms with Crippen LogP contribution in [0.4, 0.5) is 5.82 Å². The smallest absolute Gasteiger partial charge is 0.339 e. The molecule has 0 atom stereocenters. The Kier molecular flexibility index (Phi) is 3.67. The first kappa shape index (κ1) is 10.7. The first-order valence-electron chi connectivity index (χ1n) is 3.88. The molecule has 0 unspecified atom stereocenters. The highest BCUT2D eigenvalue weighted by molar-refractivity contribution is 6.30. The van der Waals surface area contributed by atoms with Crippen molar-refractivity contribution in [3.63, 3.8) is 0 Å². The van der Waals surface area contributed by atoms with Gasteiger partial charge < -0.3 is 15.5 Å². The number of aliphatic hydroxyl groups is 1. The number of aromatic nitrogens is 1. The number of carboxylic acids is 1. The van der Waals surface area contributed by atoms with Crippen LogP contribution in [0.1, 0.15) is 10.4 Å². The lowest BCUT2D eigenvalue weighted by Gasteiger charge is -2.06. The van der Waals surface area contributed by atoms with Crippen molar-refractivity contribution in [3.05, 3.63) is 22.8 Å². The van der Waals surface area contributed by atoms with Crippen LogP contribution in [0.2, 0.25) is 5.02 Å². The molecule has 1 aromatic heterocycles. The molecule has 0 spiro atoms. The molecule has 0 saturated carbocycles. The van der Waals surface area contributed by atoms with Crippen LogP contribution in [0.5, 0.6) is 0 Å². The molecule has 0 radical (unpaired) electrons. The summed E-state index contributed by atoms with van der Waals surface area (Å²) >= 11 is 5.59. The largest absolute Gasteiger partial charge is 0.478 e. The molecule has 0 amide bonds. The number of nitrogens with zero attached hydrogens (tertiary/aromatic N) is 1. The van der Waals surface area contributed by atoms with Crippen molar-refractivity contribution in [2.24, 2.45) is 0 Å². The zero-order chi connectivity index (χ0) is 10.6. The zero-order valence-corrected chi connectivity index (χ0v) is 7.95. The highest BCUT2D eigenvalue weighted by Crippen LogP contribution is 2.17. The van der Waals surface area contributed by atoms with Gasteiger partial charge in [0.1, 0.15) is 11.4 Å². The second-order valence-electron chi connectivity index (χ2n) is 2.51. The second kappa shape index (κ2) is 4.78. The summed E-state index contributed by atoms with van der Waals surface area (Å²) in [5.41, 5.74) is -0.00838. The molecular formula is C8H9ClN2O3. The summed E-state index contributed by atoms with van der Waals surface area (Å²) in [6.07, 6.45) is 1.34. The fourth-order valence-electron chi connectivity index (χ4n) is 0.917. The number of aliphatic hydroxyl groups excluding tert-OH is 1. The van der Waals surface area contributed by atoms with Gasteiger partial charge in [0.25, 0.3) is 0 Å². The van der Waals surface area contributed by atoms with E-state index >= 15 is 0 Å². The van der Waals surface area contributed by atoms with Gasteiger partial charge in [-0.2, -0.15) is 0 Å². The summed E-state index contributed by atoms with van der Waals surface area (Å²) in [5.74, 6) is -0.906. The van der Waals surface area contributed by atoms with Crippen LogP contribution in [-0.4, -0.2) is 34.3 Å². The third-order valence-electron chi connectivity index (χ3n) is 1.49. The first-order chi connectivity index (χ1) is 6.65. The lowest BCUT2D eigenvalue weighted by atomic mass is 10.2. The molecule has 6 heteroatoms. The number of aromatic carboxylic acids is 1. The summed E-state index contributed by atoms with van der Waals surface area (Å²) in [6, 6.07) is 1.30. The van der Waals surface area contributed by atoms with E-state index in [1.165, 1.54) is 12.3 Å². The minimum Gasteiger partial charge on any atom is -0.478 e. The van der Waals surface area contributed by atoms with Crippen molar-refractivity contribution in [2.45, 2.75) is 0 Å². The summed E-state index contributed by atoms with van der Waals surface area (Å²) in [7, 11) is 0. The second-order valence-corrected chi connectivity index (χ2v) is 2.94. The van der Waals surface area contributed by atoms with E-state index in [1.807, 2.05) is 0 Å². The molecule has 14 heavy (non-hydrogen) atoms. The summed E-state index contributed by atoms with van der Waals surface area (Å²) in [4.78, 5) is 14.5. The Labute approximate surface area is 85.3 Å². The number of carboxylic acid groups (broad SMARTS) is 1. The Balaban J connectivity index is 2.96. The average Bonchev–Trinajstić information content (AvgIpc) is 2.15. The fraction of sp³-hybridized carbons (Fsp3) is 0.250. The van der Waals surface area contributed by atoms with Gasteiger partial charge >= 0.3 is 5.97 Å². The molecule has 1 heterocycles. The quantitative estimate of drug-likeness (QED) is 0.695. The number of carbonyl (C=O) groups is 1. The molecule has 76 valence electrons. The van der Waals surface area contributed by atoms with Crippen LogP contribution >= 0.6 is 11.6 Å². The molecule has 0 aliphatic carbocycles. The fourth-order valence-corrected chi connectivity index (χ4v) is 1.08. The van der Waals surface area contributed by atoms with Crippen LogP contribution in [0.15, 0.2) is 12.3 Å². The number of anilines is 1. The molecule has 0 aliphatic heterocycles. The van der Waals surface area contributed by atoms with Crippen LogP contribution < -0.4 is 5.32 Å². The van der Waals surface area contributed by atoms with Crippen molar-refractivity contribution < 1.29 is 15.0 Å². The Morgan fingerprint density at radius 3 is 2.93 bits per heavy atom. The monoisotopic (exact) mass is 216 g/mol. The van der Waals surface area contributed by atoms with Gasteiger partial charge in [-0.15, -0.1) is 0 Å². The predicted molar refractivity (Wildman–Crippen MR) is 51.8 cm³/mol. The molecular weight excluding hydrogens is 208 g/mol. The third-order valence-corrected chi connectivity index (χ3v) is 1.70. The Hall–Kier alpha value is -1.33. The van der Waals surface area contributed by atoms with Gasteiger partial charge in [0.05, 0.1) is 11.6 Å². The van der Waals surface area contributed by atoms with E-state index in [4.69, 9.17) is 21.8 Å². The number of halogens is 1. The van der Waals surface area contributed by atoms with Crippen LogP contribution in [0, 0.1) is 0 Å². The van der Waals surface area contributed by atoms with E-state index in [9.17, 15) is 4.79 Å². The van der Waals surface area contributed by atoms with Gasteiger partial charge in [0.15, 0.2) is 0 Å². The average molecular weight is 217 g/mol. The van der Waals surface area contributed by atoms with Crippen LogP contribution in [0.25, 0.3) is 0 Å². The van der Waals surface area contributed by atoms with Crippen molar-refractivity contribution in [1.82, 2.24) is 4.98 Å². The van der Waals surface area contributed by atoms with Gasteiger partial charge in [-0.1, -0.05) is 11.6 Å². The van der Waals surface area contributed by atoms with Crippen LogP contribution in [0.3, 0.4) is 0 Å². The van der Waals surface area contributed by atoms with E-state index in [1.54, 1.807) is 0 Å². The molecule has 0 fully saturated rings. The van der Waals surface area contributed by atoms with Gasteiger partial charge in [0, 0.05) is 12.7 Å². The minimum atomic E-state index is -1.11. The Morgan fingerprint density at radius 2 is 2.36 bits per heavy atom. The molecule has 3 N–H and O–H groups in total. The SMILES string of the molecule is O=C(O)c1cc(Cl)cnc1NCCO. The predicted octanol–water partition coefficient (Wildman–Crippen LogP) is 0.837. The van der Waals surface area contributed by atoms with Gasteiger partial charge in [-0.3, -0.25) is 0 Å². The first-order valence-corrected chi connectivity index (χ1v) is 4.26. The standard InChI is InChI=1S/C8H9ClN2O3/c9-5-3-6(8(13)14)7(11-4-5)10-1-2-12/h3-4,12H,1-2H2,(H,10,11)(H,13,14). The van der Waals surface area contributed by atoms with E-state index in [0.717, 1.165) is 0 Å². The molecule has 0 aliphatic rings. The summed E-state index contributed by atoms with van der Waals surface area (Å²) in [5, 5.41) is 20.3. The molecule has 0 aromatic carbocycles. The summed E-state index contributed by atoms with van der Waals surface area (Å²) in [6.45, 7) is 0.151. The molecule has 1 rings (SSSR count). The lowest BCUT2D eigenvalue weighted by molar-refractivity contribution is 0.0697. The number of rotatable bonds is 4. The van der Waals surface area contributed by atoms with Crippen molar-refractivity contribution in [2.75, 3.05) is 18.5 Å². The molecule has 5 nitrogen and oxygen atoms in total. The number of nitrogens with one attached hydrogen (secondary N) is 1. The van der Waals surface area contributed by atoms with E-state index in [2.05, 4.69) is 10.3 Å². The molecule has 0 saturated heterocycles. The maximum Gasteiger partial charge on any atom is 0.339 e. The third kappa shape index (κ3) is 2.58. The number of hydrogen-bond acceptors (Lipinski definition) is 4. The highest BCUT2D eigenvalue weighted by atomic mass is 35.5. The van der Waals surface area contributed by atoms with E-state index in [0.29, 0.717) is 0 Å². The van der Waals surface area contributed by atoms with Crippen LogP contribution in [-0.2, 0) is 0 Å². The number of pyridine rings is 1. The van der Waals surface area contributed by atoms with E-state index < -0.39 is 5.97 Å². The van der Waals surface area contributed by atoms with Gasteiger partial charge in [0.2, 0.25) is 0 Å². The topological polar surface area (TPSA) is 82.5 Å². The Morgan fingerprint density at radius 1 is 1.64 bits per heavy atom. The van der Waals surface area contributed by atoms with Crippen molar-refractivity contribution >= 4 is 23.4 Å². The van der Waals surface area contributed by atoms with Gasteiger partial charge in [-0.05, 0) is 6.07 Å². The van der Waals surface area contributed by atoms with Crippen molar-refractivity contribution in [3.8, 4) is 0 Å².